The molecule has 6 atom stereocenters. The second-order valence-corrected chi connectivity index (χ2v) is 8.06. The number of aliphatic hydroxyl groups is 1. The van der Waals surface area contributed by atoms with Crippen LogP contribution in [0.5, 0.6) is 0 Å². The van der Waals surface area contributed by atoms with Crippen LogP contribution in [0.15, 0.2) is 0 Å². The molecule has 0 radical (unpaired) electrons. The van der Waals surface area contributed by atoms with Crippen LogP contribution in [-0.4, -0.2) is 17.5 Å². The first-order valence-electron chi connectivity index (χ1n) is 8.66. The van der Waals surface area contributed by atoms with Crippen molar-refractivity contribution in [3.05, 3.63) is 0 Å². The zero-order valence-corrected chi connectivity index (χ0v) is 11.7. The number of ether oxygens (including phenoxy) is 1. The van der Waals surface area contributed by atoms with Gasteiger partial charge in [-0.3, -0.25) is 0 Å². The molecule has 5 rings (SSSR count). The standard InChI is InChI=1S/C17H26O2/c18-17-15(11-6-7-11)14(10-4-5-10)16-12(8-13(16)19-17)9-2-1-3-9/h9-18H,1-8H2. The van der Waals surface area contributed by atoms with Crippen LogP contribution in [-0.2, 0) is 4.74 Å². The second kappa shape index (κ2) is 3.98. The lowest BCUT2D eigenvalue weighted by atomic mass is 9.52. The van der Waals surface area contributed by atoms with Crippen molar-refractivity contribution in [3.8, 4) is 0 Å². The van der Waals surface area contributed by atoms with Gasteiger partial charge < -0.3 is 9.84 Å². The smallest absolute Gasteiger partial charge is 0.158 e. The van der Waals surface area contributed by atoms with Crippen molar-refractivity contribution >= 4 is 0 Å². The monoisotopic (exact) mass is 262 g/mol. The molecule has 106 valence electrons. The van der Waals surface area contributed by atoms with Gasteiger partial charge in [0.1, 0.15) is 0 Å². The summed E-state index contributed by atoms with van der Waals surface area (Å²) in [6.45, 7) is 0. The third kappa shape index (κ3) is 1.68. The Morgan fingerprint density at radius 3 is 2.00 bits per heavy atom. The normalized spacial score (nSPS) is 54.2. The van der Waals surface area contributed by atoms with Gasteiger partial charge >= 0.3 is 0 Å². The minimum absolute atomic E-state index is 0.418. The van der Waals surface area contributed by atoms with E-state index in [1.165, 1.54) is 51.4 Å². The van der Waals surface area contributed by atoms with Crippen LogP contribution in [0.2, 0.25) is 0 Å². The van der Waals surface area contributed by atoms with Crippen molar-refractivity contribution in [3.63, 3.8) is 0 Å². The number of hydrogen-bond acceptors (Lipinski definition) is 2. The molecule has 2 heteroatoms. The average molecular weight is 262 g/mol. The maximum atomic E-state index is 10.4. The zero-order valence-electron chi connectivity index (χ0n) is 11.7. The first-order valence-corrected chi connectivity index (χ1v) is 8.66. The maximum absolute atomic E-state index is 10.4. The van der Waals surface area contributed by atoms with E-state index in [1.807, 2.05) is 0 Å². The summed E-state index contributed by atoms with van der Waals surface area (Å²) >= 11 is 0. The Labute approximate surface area is 115 Å². The predicted octanol–water partition coefficient (Wildman–Crippen LogP) is 3.19. The van der Waals surface area contributed by atoms with E-state index in [-0.39, 0.29) is 0 Å². The first kappa shape index (κ1) is 11.6. The molecule has 5 aliphatic rings. The lowest BCUT2D eigenvalue weighted by Gasteiger charge is -2.59. The van der Waals surface area contributed by atoms with Gasteiger partial charge in [-0.2, -0.15) is 0 Å². The molecule has 5 fully saturated rings. The average Bonchev–Trinajstić information content (AvgIpc) is 3.14. The predicted molar refractivity (Wildman–Crippen MR) is 72.2 cm³/mol. The molecule has 0 spiro atoms. The number of rotatable bonds is 3. The van der Waals surface area contributed by atoms with E-state index in [2.05, 4.69) is 0 Å². The highest BCUT2D eigenvalue weighted by Gasteiger charge is 2.61. The lowest BCUT2D eigenvalue weighted by molar-refractivity contribution is -0.292. The summed E-state index contributed by atoms with van der Waals surface area (Å²) in [4.78, 5) is 0. The topological polar surface area (TPSA) is 29.5 Å². The summed E-state index contributed by atoms with van der Waals surface area (Å²) in [5.41, 5.74) is 0. The molecule has 4 aliphatic carbocycles. The summed E-state index contributed by atoms with van der Waals surface area (Å²) < 4.78 is 6.01. The Morgan fingerprint density at radius 1 is 0.737 bits per heavy atom. The van der Waals surface area contributed by atoms with Gasteiger partial charge in [-0.15, -0.1) is 0 Å². The van der Waals surface area contributed by atoms with Gasteiger partial charge in [0.05, 0.1) is 6.10 Å². The van der Waals surface area contributed by atoms with Crippen LogP contribution in [0.1, 0.15) is 51.4 Å². The van der Waals surface area contributed by atoms with Crippen LogP contribution >= 0.6 is 0 Å². The van der Waals surface area contributed by atoms with Crippen LogP contribution < -0.4 is 0 Å². The Balaban J connectivity index is 1.42. The van der Waals surface area contributed by atoms with Gasteiger partial charge in [-0.25, -0.2) is 0 Å². The van der Waals surface area contributed by atoms with Crippen LogP contribution in [0.4, 0.5) is 0 Å². The summed E-state index contributed by atoms with van der Waals surface area (Å²) in [5, 5.41) is 10.4. The molecule has 2 nitrogen and oxygen atoms in total. The molecular weight excluding hydrogens is 236 g/mol. The summed E-state index contributed by atoms with van der Waals surface area (Å²) in [6.07, 6.45) is 11.2. The van der Waals surface area contributed by atoms with Crippen molar-refractivity contribution < 1.29 is 9.84 Å². The van der Waals surface area contributed by atoms with Crippen molar-refractivity contribution in [1.29, 1.82) is 0 Å². The van der Waals surface area contributed by atoms with Gasteiger partial charge in [0.15, 0.2) is 6.29 Å². The summed E-state index contributed by atoms with van der Waals surface area (Å²) in [7, 11) is 0. The highest BCUT2D eigenvalue weighted by Crippen LogP contribution is 2.63. The van der Waals surface area contributed by atoms with E-state index < -0.39 is 6.29 Å². The second-order valence-electron chi connectivity index (χ2n) is 8.06. The SMILES string of the molecule is OC1OC2CC(C3CCC3)C2C(C2CC2)C1C1CC1. The summed E-state index contributed by atoms with van der Waals surface area (Å²) in [6, 6.07) is 0. The van der Waals surface area contributed by atoms with E-state index in [1.54, 1.807) is 0 Å². The summed E-state index contributed by atoms with van der Waals surface area (Å²) in [5.74, 6) is 5.85. The largest absolute Gasteiger partial charge is 0.368 e. The molecule has 1 heterocycles. The van der Waals surface area contributed by atoms with Crippen molar-refractivity contribution in [2.45, 2.75) is 63.8 Å². The van der Waals surface area contributed by atoms with E-state index in [4.69, 9.17) is 4.74 Å². The van der Waals surface area contributed by atoms with E-state index in [9.17, 15) is 5.11 Å². The molecule has 0 amide bonds. The quantitative estimate of drug-likeness (QED) is 0.846. The third-order valence-electron chi connectivity index (χ3n) is 7.05. The Bertz CT molecular complexity index is 369. The highest BCUT2D eigenvalue weighted by atomic mass is 16.6. The number of aliphatic hydroxyl groups excluding tert-OH is 1. The molecule has 1 N–H and O–H groups in total. The maximum Gasteiger partial charge on any atom is 0.158 e. The van der Waals surface area contributed by atoms with Crippen LogP contribution in [0, 0.1) is 41.4 Å². The van der Waals surface area contributed by atoms with Gasteiger partial charge in [0.2, 0.25) is 0 Å². The van der Waals surface area contributed by atoms with Crippen molar-refractivity contribution in [2.24, 2.45) is 41.4 Å². The molecule has 1 aliphatic heterocycles. The zero-order chi connectivity index (χ0) is 12.6. The molecule has 4 saturated carbocycles. The van der Waals surface area contributed by atoms with E-state index in [0.717, 1.165) is 35.5 Å². The fourth-order valence-electron chi connectivity index (χ4n) is 5.57. The van der Waals surface area contributed by atoms with Gasteiger partial charge in [-0.1, -0.05) is 19.3 Å². The molecule has 19 heavy (non-hydrogen) atoms. The van der Waals surface area contributed by atoms with Crippen molar-refractivity contribution in [2.75, 3.05) is 0 Å². The number of fused-ring (bicyclic) bond motifs is 1. The fraction of sp³-hybridized carbons (Fsp3) is 1.00. The van der Waals surface area contributed by atoms with Crippen molar-refractivity contribution in [1.82, 2.24) is 0 Å². The minimum atomic E-state index is -0.429. The first-order chi connectivity index (χ1) is 9.33. The molecule has 0 aromatic rings. The fourth-order valence-corrected chi connectivity index (χ4v) is 5.57. The van der Waals surface area contributed by atoms with E-state index >= 15 is 0 Å². The highest BCUT2D eigenvalue weighted by molar-refractivity contribution is 5.08. The molecule has 0 bridgehead atoms. The Kier molecular flexibility index (Phi) is 2.42. The molecule has 6 unspecified atom stereocenters. The molecule has 0 aromatic carbocycles. The molecular formula is C17H26O2. The number of hydrogen-bond donors (Lipinski definition) is 1. The Hall–Kier alpha value is -0.0800. The Morgan fingerprint density at radius 2 is 1.42 bits per heavy atom. The molecule has 0 aromatic heterocycles. The lowest BCUT2D eigenvalue weighted by Crippen LogP contribution is -2.60. The minimum Gasteiger partial charge on any atom is -0.368 e. The van der Waals surface area contributed by atoms with Gasteiger partial charge in [-0.05, 0) is 67.6 Å². The van der Waals surface area contributed by atoms with Crippen LogP contribution in [0.3, 0.4) is 0 Å². The van der Waals surface area contributed by atoms with Gasteiger partial charge in [0, 0.05) is 5.92 Å². The van der Waals surface area contributed by atoms with Crippen LogP contribution in [0.25, 0.3) is 0 Å². The molecule has 1 saturated heterocycles. The van der Waals surface area contributed by atoms with E-state index in [0.29, 0.717) is 12.0 Å². The third-order valence-corrected chi connectivity index (χ3v) is 7.05. The van der Waals surface area contributed by atoms with Gasteiger partial charge in [0.25, 0.3) is 0 Å².